The van der Waals surface area contributed by atoms with Crippen molar-refractivity contribution in [3.8, 4) is 0 Å². The highest BCUT2D eigenvalue weighted by molar-refractivity contribution is 7.08. The summed E-state index contributed by atoms with van der Waals surface area (Å²) < 4.78 is 1.73. The van der Waals surface area contributed by atoms with E-state index in [4.69, 9.17) is 0 Å². The van der Waals surface area contributed by atoms with Gasteiger partial charge in [0.2, 0.25) is 0 Å². The van der Waals surface area contributed by atoms with Gasteiger partial charge in [0.1, 0.15) is 12.1 Å². The first kappa shape index (κ1) is 10.9. The molecule has 0 spiro atoms. The van der Waals surface area contributed by atoms with Gasteiger partial charge in [-0.2, -0.15) is 15.9 Å². The lowest BCUT2D eigenvalue weighted by atomic mass is 10.1. The molecule has 0 bridgehead atoms. The van der Waals surface area contributed by atoms with Crippen molar-refractivity contribution >= 4 is 22.8 Å². The van der Waals surface area contributed by atoms with E-state index in [0.717, 1.165) is 18.0 Å². The standard InChI is InChI=1S/C13H13N5S/c1-2-11(10-5-7-19-8-10)17(6-1)13-4-3-12-15-14-9-18(12)16-13/h3-5,7-9,11H,1-2,6H2/t11-/m1/s1. The van der Waals surface area contributed by atoms with Crippen LogP contribution in [0, 0.1) is 0 Å². The Morgan fingerprint density at radius 2 is 2.26 bits per heavy atom. The quantitative estimate of drug-likeness (QED) is 0.718. The molecule has 0 unspecified atom stereocenters. The molecule has 0 radical (unpaired) electrons. The fourth-order valence-corrected chi connectivity index (χ4v) is 3.43. The van der Waals surface area contributed by atoms with E-state index >= 15 is 0 Å². The normalized spacial score (nSPS) is 19.4. The average molecular weight is 271 g/mol. The Morgan fingerprint density at radius 3 is 3.16 bits per heavy atom. The molecule has 0 aromatic carbocycles. The molecule has 0 N–H and O–H groups in total. The molecule has 1 aliphatic rings. The third-order valence-electron chi connectivity index (χ3n) is 3.62. The lowest BCUT2D eigenvalue weighted by molar-refractivity contribution is 0.704. The van der Waals surface area contributed by atoms with Crippen molar-refractivity contribution in [3.63, 3.8) is 0 Å². The van der Waals surface area contributed by atoms with Crippen molar-refractivity contribution in [2.24, 2.45) is 0 Å². The summed E-state index contributed by atoms with van der Waals surface area (Å²) in [5, 5.41) is 16.8. The highest BCUT2D eigenvalue weighted by Crippen LogP contribution is 2.35. The Bertz CT molecular complexity index is 690. The monoisotopic (exact) mass is 271 g/mol. The molecule has 1 atom stereocenters. The number of fused-ring (bicyclic) bond motifs is 1. The molecule has 0 saturated carbocycles. The summed E-state index contributed by atoms with van der Waals surface area (Å²) in [6.45, 7) is 1.06. The van der Waals surface area contributed by atoms with Crippen LogP contribution in [-0.4, -0.2) is 26.4 Å². The first-order chi connectivity index (χ1) is 9.42. The summed E-state index contributed by atoms with van der Waals surface area (Å²) in [5.74, 6) is 1.00. The fraction of sp³-hybridized carbons (Fsp3) is 0.308. The SMILES string of the molecule is c1cc([C@H]2CCCN2c2ccc3nncn3n2)cs1. The zero-order valence-corrected chi connectivity index (χ0v) is 11.1. The molecule has 1 aliphatic heterocycles. The van der Waals surface area contributed by atoms with Crippen LogP contribution in [0.5, 0.6) is 0 Å². The molecular formula is C13H13N5S. The van der Waals surface area contributed by atoms with Crippen LogP contribution in [0.3, 0.4) is 0 Å². The van der Waals surface area contributed by atoms with Crippen molar-refractivity contribution in [2.75, 3.05) is 11.4 Å². The smallest absolute Gasteiger partial charge is 0.177 e. The van der Waals surface area contributed by atoms with E-state index in [9.17, 15) is 0 Å². The Kier molecular flexibility index (Phi) is 2.48. The maximum Gasteiger partial charge on any atom is 0.177 e. The van der Waals surface area contributed by atoms with Gasteiger partial charge in [-0.25, -0.2) is 0 Å². The van der Waals surface area contributed by atoms with Gasteiger partial charge < -0.3 is 4.90 Å². The largest absolute Gasteiger partial charge is 0.348 e. The highest BCUT2D eigenvalue weighted by Gasteiger charge is 2.27. The van der Waals surface area contributed by atoms with Crippen LogP contribution in [0.1, 0.15) is 24.4 Å². The van der Waals surface area contributed by atoms with Crippen molar-refractivity contribution in [3.05, 3.63) is 40.8 Å². The zero-order chi connectivity index (χ0) is 12.7. The van der Waals surface area contributed by atoms with Gasteiger partial charge in [0.05, 0.1) is 6.04 Å². The van der Waals surface area contributed by atoms with E-state index in [-0.39, 0.29) is 0 Å². The van der Waals surface area contributed by atoms with Crippen molar-refractivity contribution in [2.45, 2.75) is 18.9 Å². The average Bonchev–Trinajstić information content (AvgIpc) is 3.18. The second-order valence-corrected chi connectivity index (χ2v) is 5.51. The predicted octanol–water partition coefficient (Wildman–Crippen LogP) is 2.53. The molecule has 4 heterocycles. The third kappa shape index (κ3) is 1.79. The van der Waals surface area contributed by atoms with Gasteiger partial charge >= 0.3 is 0 Å². The summed E-state index contributed by atoms with van der Waals surface area (Å²) in [4.78, 5) is 2.38. The molecule has 3 aromatic heterocycles. The van der Waals surface area contributed by atoms with Gasteiger partial charge in [0.15, 0.2) is 5.65 Å². The van der Waals surface area contributed by atoms with Gasteiger partial charge in [-0.15, -0.1) is 15.3 Å². The van der Waals surface area contributed by atoms with E-state index in [1.807, 2.05) is 12.1 Å². The van der Waals surface area contributed by atoms with Gasteiger partial charge in [0.25, 0.3) is 0 Å². The molecule has 3 aromatic rings. The lowest BCUT2D eigenvalue weighted by Crippen LogP contribution is -2.23. The molecule has 1 saturated heterocycles. The Hall–Kier alpha value is -1.95. The number of thiophene rings is 1. The molecule has 1 fully saturated rings. The summed E-state index contributed by atoms with van der Waals surface area (Å²) in [6.07, 6.45) is 4.05. The Balaban J connectivity index is 1.73. The molecule has 0 aliphatic carbocycles. The van der Waals surface area contributed by atoms with Crippen molar-refractivity contribution in [1.82, 2.24) is 19.8 Å². The van der Waals surface area contributed by atoms with E-state index in [0.29, 0.717) is 6.04 Å². The van der Waals surface area contributed by atoms with Crippen LogP contribution >= 0.6 is 11.3 Å². The van der Waals surface area contributed by atoms with Crippen LogP contribution in [-0.2, 0) is 0 Å². The number of aromatic nitrogens is 4. The molecule has 6 heteroatoms. The number of anilines is 1. The maximum atomic E-state index is 4.60. The van der Waals surface area contributed by atoms with Gasteiger partial charge in [0, 0.05) is 6.54 Å². The number of rotatable bonds is 2. The van der Waals surface area contributed by atoms with Crippen LogP contribution in [0.15, 0.2) is 35.3 Å². The van der Waals surface area contributed by atoms with E-state index in [1.54, 1.807) is 22.2 Å². The van der Waals surface area contributed by atoms with Crippen LogP contribution in [0.4, 0.5) is 5.82 Å². The number of hydrogen-bond donors (Lipinski definition) is 0. The lowest BCUT2D eigenvalue weighted by Gasteiger charge is -2.24. The van der Waals surface area contributed by atoms with E-state index in [1.165, 1.54) is 18.4 Å². The van der Waals surface area contributed by atoms with Gasteiger partial charge in [-0.05, 0) is 47.4 Å². The summed E-state index contributed by atoms with van der Waals surface area (Å²) in [5.41, 5.74) is 2.18. The first-order valence-corrected chi connectivity index (χ1v) is 7.32. The predicted molar refractivity (Wildman–Crippen MR) is 74.4 cm³/mol. The minimum absolute atomic E-state index is 0.452. The topological polar surface area (TPSA) is 46.3 Å². The molecule has 4 rings (SSSR count). The fourth-order valence-electron chi connectivity index (χ4n) is 2.72. The second kappa shape index (κ2) is 4.31. The Morgan fingerprint density at radius 1 is 1.26 bits per heavy atom. The van der Waals surface area contributed by atoms with Crippen molar-refractivity contribution < 1.29 is 0 Å². The van der Waals surface area contributed by atoms with Crippen LogP contribution in [0.2, 0.25) is 0 Å². The molecule has 96 valence electrons. The third-order valence-corrected chi connectivity index (χ3v) is 4.32. The maximum absolute atomic E-state index is 4.60. The Labute approximate surface area is 114 Å². The minimum Gasteiger partial charge on any atom is -0.348 e. The molecule has 0 amide bonds. The van der Waals surface area contributed by atoms with E-state index < -0.39 is 0 Å². The highest BCUT2D eigenvalue weighted by atomic mass is 32.1. The summed E-state index contributed by atoms with van der Waals surface area (Å²) in [7, 11) is 0. The number of nitrogens with zero attached hydrogens (tertiary/aromatic N) is 5. The minimum atomic E-state index is 0.452. The molecular weight excluding hydrogens is 258 g/mol. The van der Waals surface area contributed by atoms with Crippen LogP contribution in [0.25, 0.3) is 5.65 Å². The van der Waals surface area contributed by atoms with E-state index in [2.05, 4.69) is 37.0 Å². The van der Waals surface area contributed by atoms with Crippen LogP contribution < -0.4 is 4.90 Å². The van der Waals surface area contributed by atoms with Gasteiger partial charge in [-0.1, -0.05) is 0 Å². The molecule has 19 heavy (non-hydrogen) atoms. The van der Waals surface area contributed by atoms with Gasteiger partial charge in [-0.3, -0.25) is 0 Å². The summed E-state index contributed by atoms with van der Waals surface area (Å²) in [6, 6.07) is 6.67. The molecule has 5 nitrogen and oxygen atoms in total. The number of hydrogen-bond acceptors (Lipinski definition) is 5. The zero-order valence-electron chi connectivity index (χ0n) is 10.3. The van der Waals surface area contributed by atoms with Crippen molar-refractivity contribution in [1.29, 1.82) is 0 Å². The summed E-state index contributed by atoms with van der Waals surface area (Å²) >= 11 is 1.76. The second-order valence-electron chi connectivity index (χ2n) is 4.73. The first-order valence-electron chi connectivity index (χ1n) is 6.37.